The maximum Gasteiger partial charge on any atom is 0.257 e. The van der Waals surface area contributed by atoms with Crippen LogP contribution in [0.25, 0.3) is 0 Å². The lowest BCUT2D eigenvalue weighted by Gasteiger charge is -2.33. The minimum absolute atomic E-state index is 0.0534. The molecule has 0 saturated carbocycles. The van der Waals surface area contributed by atoms with Crippen LogP contribution >= 0.6 is 0 Å². The minimum Gasteiger partial charge on any atom is -0.490 e. The van der Waals surface area contributed by atoms with Gasteiger partial charge in [-0.2, -0.15) is 0 Å². The summed E-state index contributed by atoms with van der Waals surface area (Å²) in [5, 5.41) is 0. The molecule has 2 aromatic rings. The topological polar surface area (TPSA) is 38.8 Å². The van der Waals surface area contributed by atoms with E-state index in [0.717, 1.165) is 25.9 Å². The quantitative estimate of drug-likeness (QED) is 0.703. The second-order valence-corrected chi connectivity index (χ2v) is 6.54. The molecule has 0 aromatic heterocycles. The highest BCUT2D eigenvalue weighted by Crippen LogP contribution is 2.29. The van der Waals surface area contributed by atoms with Crippen molar-refractivity contribution in [3.63, 3.8) is 0 Å². The number of hydrogen-bond donors (Lipinski definition) is 0. The third kappa shape index (κ3) is 4.64. The number of likely N-dealkylation sites (tertiary alicyclic amines) is 1. The van der Waals surface area contributed by atoms with Crippen molar-refractivity contribution in [3.05, 3.63) is 65.7 Å². The van der Waals surface area contributed by atoms with Gasteiger partial charge in [0.1, 0.15) is 12.4 Å². The predicted octanol–water partition coefficient (Wildman–Crippen LogP) is 4.12. The van der Waals surface area contributed by atoms with Crippen LogP contribution in [-0.2, 0) is 4.74 Å². The fraction of sp³-hybridized carbons (Fsp3) is 0.409. The number of carbonyl (C=O) groups is 1. The normalized spacial score (nSPS) is 17.1. The van der Waals surface area contributed by atoms with E-state index in [9.17, 15) is 4.79 Å². The van der Waals surface area contributed by atoms with Gasteiger partial charge in [0.15, 0.2) is 0 Å². The third-order valence-corrected chi connectivity index (χ3v) is 4.79. The van der Waals surface area contributed by atoms with Crippen LogP contribution in [0.5, 0.6) is 5.75 Å². The predicted molar refractivity (Wildman–Crippen MR) is 103 cm³/mol. The van der Waals surface area contributed by atoms with Gasteiger partial charge in [0.25, 0.3) is 5.91 Å². The minimum atomic E-state index is 0.0534. The molecular weight excluding hydrogens is 326 g/mol. The molecule has 1 fully saturated rings. The monoisotopic (exact) mass is 353 g/mol. The Labute approximate surface area is 155 Å². The Bertz CT molecular complexity index is 702. The van der Waals surface area contributed by atoms with Crippen molar-refractivity contribution in [1.29, 1.82) is 0 Å². The Morgan fingerprint density at radius 3 is 2.65 bits per heavy atom. The second-order valence-electron chi connectivity index (χ2n) is 6.54. The summed E-state index contributed by atoms with van der Waals surface area (Å²) in [6.07, 6.45) is 2.15. The number of rotatable bonds is 7. The highest BCUT2D eigenvalue weighted by atomic mass is 16.5. The summed E-state index contributed by atoms with van der Waals surface area (Å²) in [4.78, 5) is 15.1. The van der Waals surface area contributed by atoms with Crippen molar-refractivity contribution < 1.29 is 14.3 Å². The molecule has 0 N–H and O–H groups in total. The molecule has 26 heavy (non-hydrogen) atoms. The maximum absolute atomic E-state index is 13.1. The Hall–Kier alpha value is -2.33. The molecular formula is C22H27NO3. The molecule has 138 valence electrons. The second kappa shape index (κ2) is 9.39. The summed E-state index contributed by atoms with van der Waals surface area (Å²) in [6, 6.07) is 18.0. The van der Waals surface area contributed by atoms with Gasteiger partial charge in [0, 0.05) is 25.6 Å². The lowest BCUT2D eigenvalue weighted by atomic mass is 9.90. The fourth-order valence-electron chi connectivity index (χ4n) is 3.45. The Balaban J connectivity index is 1.68. The van der Waals surface area contributed by atoms with Crippen LogP contribution in [-0.4, -0.2) is 43.7 Å². The lowest BCUT2D eigenvalue weighted by molar-refractivity contribution is 0.0697. The van der Waals surface area contributed by atoms with Crippen molar-refractivity contribution in [2.24, 2.45) is 0 Å². The van der Waals surface area contributed by atoms with Crippen LogP contribution in [0.2, 0.25) is 0 Å². The summed E-state index contributed by atoms with van der Waals surface area (Å²) in [5.41, 5.74) is 1.95. The van der Waals surface area contributed by atoms with E-state index in [4.69, 9.17) is 9.47 Å². The van der Waals surface area contributed by atoms with E-state index >= 15 is 0 Å². The number of amides is 1. The first-order valence-corrected chi connectivity index (χ1v) is 9.43. The first-order valence-electron chi connectivity index (χ1n) is 9.43. The number of benzene rings is 2. The van der Waals surface area contributed by atoms with Crippen LogP contribution in [0, 0.1) is 0 Å². The van der Waals surface area contributed by atoms with Gasteiger partial charge in [-0.05, 0) is 37.5 Å². The molecule has 4 heteroatoms. The largest absolute Gasteiger partial charge is 0.490 e. The van der Waals surface area contributed by atoms with E-state index in [1.807, 2.05) is 42.2 Å². The molecule has 1 heterocycles. The first-order chi connectivity index (χ1) is 12.8. The zero-order valence-electron chi connectivity index (χ0n) is 15.4. The molecule has 0 aliphatic carbocycles. The zero-order valence-corrected chi connectivity index (χ0v) is 15.4. The van der Waals surface area contributed by atoms with Gasteiger partial charge in [-0.25, -0.2) is 0 Å². The maximum atomic E-state index is 13.1. The van der Waals surface area contributed by atoms with Crippen molar-refractivity contribution >= 4 is 5.91 Å². The SMILES string of the molecule is CCOCCOc1ccccc1C(=O)N1CCC[C@H](c2ccccc2)C1. The molecule has 0 spiro atoms. The van der Waals surface area contributed by atoms with Crippen molar-refractivity contribution in [3.8, 4) is 5.75 Å². The molecule has 1 amide bonds. The molecule has 4 nitrogen and oxygen atoms in total. The van der Waals surface area contributed by atoms with E-state index in [-0.39, 0.29) is 5.91 Å². The number of piperidine rings is 1. The number of hydrogen-bond acceptors (Lipinski definition) is 3. The molecule has 1 saturated heterocycles. The average Bonchev–Trinajstić information content (AvgIpc) is 2.72. The summed E-state index contributed by atoms with van der Waals surface area (Å²) >= 11 is 0. The molecule has 0 unspecified atom stereocenters. The van der Waals surface area contributed by atoms with E-state index in [0.29, 0.717) is 37.1 Å². The molecule has 1 atom stereocenters. The van der Waals surface area contributed by atoms with E-state index in [2.05, 4.69) is 24.3 Å². The van der Waals surface area contributed by atoms with Crippen molar-refractivity contribution in [2.75, 3.05) is 32.9 Å². The summed E-state index contributed by atoms with van der Waals surface area (Å²) in [6.45, 7) is 5.16. The Kier molecular flexibility index (Phi) is 6.67. The van der Waals surface area contributed by atoms with E-state index < -0.39 is 0 Å². The van der Waals surface area contributed by atoms with Gasteiger partial charge in [0.2, 0.25) is 0 Å². The lowest BCUT2D eigenvalue weighted by Crippen LogP contribution is -2.39. The fourth-order valence-corrected chi connectivity index (χ4v) is 3.45. The summed E-state index contributed by atoms with van der Waals surface area (Å²) < 4.78 is 11.1. The van der Waals surface area contributed by atoms with Gasteiger partial charge in [-0.15, -0.1) is 0 Å². The van der Waals surface area contributed by atoms with Crippen molar-refractivity contribution in [2.45, 2.75) is 25.7 Å². The van der Waals surface area contributed by atoms with Crippen LogP contribution in [0.4, 0.5) is 0 Å². The average molecular weight is 353 g/mol. The number of carbonyl (C=O) groups excluding carboxylic acids is 1. The van der Waals surface area contributed by atoms with Crippen LogP contribution < -0.4 is 4.74 Å². The number of nitrogens with zero attached hydrogens (tertiary/aromatic N) is 1. The van der Waals surface area contributed by atoms with Gasteiger partial charge in [0.05, 0.1) is 12.2 Å². The van der Waals surface area contributed by atoms with Crippen LogP contribution in [0.1, 0.15) is 41.6 Å². The van der Waals surface area contributed by atoms with Crippen molar-refractivity contribution in [1.82, 2.24) is 4.90 Å². The molecule has 1 aliphatic rings. The molecule has 0 bridgehead atoms. The third-order valence-electron chi connectivity index (χ3n) is 4.79. The highest BCUT2D eigenvalue weighted by molar-refractivity contribution is 5.97. The summed E-state index contributed by atoms with van der Waals surface area (Å²) in [5.74, 6) is 1.09. The van der Waals surface area contributed by atoms with Gasteiger partial charge in [-0.3, -0.25) is 4.79 Å². The zero-order chi connectivity index (χ0) is 18.2. The molecule has 2 aromatic carbocycles. The van der Waals surface area contributed by atoms with E-state index in [1.54, 1.807) is 0 Å². The van der Waals surface area contributed by atoms with E-state index in [1.165, 1.54) is 5.56 Å². The van der Waals surface area contributed by atoms with Crippen LogP contribution in [0.15, 0.2) is 54.6 Å². The first kappa shape index (κ1) is 18.5. The smallest absolute Gasteiger partial charge is 0.257 e. The summed E-state index contributed by atoms with van der Waals surface area (Å²) in [7, 11) is 0. The molecule has 1 aliphatic heterocycles. The highest BCUT2D eigenvalue weighted by Gasteiger charge is 2.26. The number of ether oxygens (including phenoxy) is 2. The van der Waals surface area contributed by atoms with Gasteiger partial charge >= 0.3 is 0 Å². The Morgan fingerprint density at radius 2 is 1.85 bits per heavy atom. The number of para-hydroxylation sites is 1. The molecule has 0 radical (unpaired) electrons. The molecule has 3 rings (SSSR count). The van der Waals surface area contributed by atoms with Crippen LogP contribution in [0.3, 0.4) is 0 Å². The van der Waals surface area contributed by atoms with Gasteiger partial charge < -0.3 is 14.4 Å². The standard InChI is InChI=1S/C22H27NO3/c1-2-25-15-16-26-21-13-7-6-12-20(21)22(24)23-14-8-11-19(17-23)18-9-4-3-5-10-18/h3-7,9-10,12-13,19H,2,8,11,14-17H2,1H3/t19-/m0/s1. The Morgan fingerprint density at radius 1 is 1.08 bits per heavy atom. The van der Waals surface area contributed by atoms with Gasteiger partial charge in [-0.1, -0.05) is 42.5 Å².